The fourth-order valence-electron chi connectivity index (χ4n) is 0.764. The summed E-state index contributed by atoms with van der Waals surface area (Å²) in [7, 11) is 0. The minimum atomic E-state index is -0.916. The van der Waals surface area contributed by atoms with Crippen molar-refractivity contribution in [2.24, 2.45) is 0 Å². The number of nitrogens with zero attached hydrogens (tertiary/aromatic N) is 4. The predicted molar refractivity (Wildman–Crippen MR) is 41.3 cm³/mol. The Morgan fingerprint density at radius 3 is 3.08 bits per heavy atom. The third-order valence-electron chi connectivity index (χ3n) is 1.44. The van der Waals surface area contributed by atoms with Crippen LogP contribution in [0, 0.1) is 10.1 Å². The van der Waals surface area contributed by atoms with Gasteiger partial charge in [-0.1, -0.05) is 5.21 Å². The van der Waals surface area contributed by atoms with Crippen molar-refractivity contribution in [3.8, 4) is 0 Å². The maximum atomic E-state index is 10.3. The van der Waals surface area contributed by atoms with E-state index in [0.29, 0.717) is 5.69 Å². The summed E-state index contributed by atoms with van der Waals surface area (Å²) in [5, 5.41) is 17.4. The van der Waals surface area contributed by atoms with E-state index in [1.165, 1.54) is 17.8 Å². The summed E-state index contributed by atoms with van der Waals surface area (Å²) in [4.78, 5) is 9.89. The lowest BCUT2D eigenvalue weighted by molar-refractivity contribution is -0.545. The van der Waals surface area contributed by atoms with E-state index in [1.54, 1.807) is 0 Å². The Labute approximate surface area is 73.3 Å². The molecule has 0 fully saturated rings. The average Bonchev–Trinajstić information content (AvgIpc) is 2.49. The Bertz CT molecular complexity index is 287. The van der Waals surface area contributed by atoms with Gasteiger partial charge in [0, 0.05) is 11.8 Å². The van der Waals surface area contributed by atoms with Gasteiger partial charge in [0.25, 0.3) is 0 Å². The molecule has 6 nitrogen and oxygen atoms in total. The van der Waals surface area contributed by atoms with Crippen LogP contribution in [0.3, 0.4) is 0 Å². The fraction of sp³-hybridized carbons (Fsp3) is 0.600. The number of rotatable bonds is 3. The van der Waals surface area contributed by atoms with Gasteiger partial charge in [-0.05, 0) is 0 Å². The van der Waals surface area contributed by atoms with E-state index in [1.807, 2.05) is 0 Å². The number of hydrogen-bond donors (Lipinski definition) is 0. The van der Waals surface area contributed by atoms with Gasteiger partial charge in [0.15, 0.2) is 0 Å². The first-order valence-corrected chi connectivity index (χ1v) is 3.78. The highest BCUT2D eigenvalue weighted by Crippen LogP contribution is 2.09. The van der Waals surface area contributed by atoms with Gasteiger partial charge >= 0.3 is 6.17 Å². The maximum absolute atomic E-state index is 10.3. The summed E-state index contributed by atoms with van der Waals surface area (Å²) in [5.74, 6) is 0.172. The van der Waals surface area contributed by atoms with Gasteiger partial charge < -0.3 is 0 Å². The highest BCUT2D eigenvalue weighted by molar-refractivity contribution is 6.16. The summed E-state index contributed by atoms with van der Waals surface area (Å²) in [6, 6.07) is 0. The third kappa shape index (κ3) is 1.53. The van der Waals surface area contributed by atoms with Crippen LogP contribution in [0.4, 0.5) is 0 Å². The molecule has 0 aliphatic heterocycles. The second kappa shape index (κ2) is 3.48. The van der Waals surface area contributed by atoms with Crippen molar-refractivity contribution < 1.29 is 4.92 Å². The van der Waals surface area contributed by atoms with Crippen LogP contribution in [-0.2, 0) is 5.88 Å². The lowest BCUT2D eigenvalue weighted by Crippen LogP contribution is -2.17. The molecule has 0 aromatic carbocycles. The van der Waals surface area contributed by atoms with Gasteiger partial charge in [0.1, 0.15) is 0 Å². The van der Waals surface area contributed by atoms with Gasteiger partial charge in [-0.15, -0.1) is 16.7 Å². The van der Waals surface area contributed by atoms with E-state index < -0.39 is 11.1 Å². The third-order valence-corrected chi connectivity index (χ3v) is 1.72. The molecular weight excluding hydrogens is 184 g/mol. The van der Waals surface area contributed by atoms with E-state index in [4.69, 9.17) is 11.6 Å². The van der Waals surface area contributed by atoms with Crippen LogP contribution < -0.4 is 0 Å². The van der Waals surface area contributed by atoms with Gasteiger partial charge in [-0.2, -0.15) is 4.68 Å². The van der Waals surface area contributed by atoms with Crippen molar-refractivity contribution in [1.29, 1.82) is 0 Å². The smallest absolute Gasteiger partial charge is 0.262 e. The molecule has 0 saturated heterocycles. The molecule has 0 amide bonds. The number of halogens is 1. The molecule has 12 heavy (non-hydrogen) atoms. The summed E-state index contributed by atoms with van der Waals surface area (Å²) >= 11 is 5.50. The van der Waals surface area contributed by atoms with Crippen molar-refractivity contribution >= 4 is 11.6 Å². The zero-order valence-electron chi connectivity index (χ0n) is 6.35. The highest BCUT2D eigenvalue weighted by atomic mass is 35.5. The molecule has 1 heterocycles. The van der Waals surface area contributed by atoms with E-state index >= 15 is 0 Å². The van der Waals surface area contributed by atoms with Crippen LogP contribution in [0.2, 0.25) is 0 Å². The van der Waals surface area contributed by atoms with Gasteiger partial charge in [0.05, 0.1) is 17.8 Å². The Morgan fingerprint density at radius 2 is 2.58 bits per heavy atom. The summed E-state index contributed by atoms with van der Waals surface area (Å²) in [6.07, 6.45) is 0.494. The molecule has 66 valence electrons. The van der Waals surface area contributed by atoms with Crippen molar-refractivity contribution in [3.63, 3.8) is 0 Å². The normalized spacial score (nSPS) is 12.8. The Kier molecular flexibility index (Phi) is 2.59. The number of nitro groups is 1. The molecule has 1 aromatic rings. The lowest BCUT2D eigenvalue weighted by atomic mass is 10.5. The van der Waals surface area contributed by atoms with Crippen LogP contribution in [0.25, 0.3) is 0 Å². The average molecular weight is 191 g/mol. The number of aromatic nitrogens is 3. The SMILES string of the molecule is CC(n1nncc1CCl)[N+](=O)[O-]. The molecule has 0 saturated carbocycles. The molecule has 0 bridgehead atoms. The molecule has 1 rings (SSSR count). The molecule has 0 N–H and O–H groups in total. The van der Waals surface area contributed by atoms with E-state index in [-0.39, 0.29) is 5.88 Å². The molecule has 0 aliphatic carbocycles. The largest absolute Gasteiger partial charge is 0.303 e. The number of hydrogen-bond acceptors (Lipinski definition) is 4. The molecule has 0 spiro atoms. The number of alkyl halides is 1. The molecule has 1 aromatic heterocycles. The van der Waals surface area contributed by atoms with Gasteiger partial charge in [-0.3, -0.25) is 10.1 Å². The first-order valence-electron chi connectivity index (χ1n) is 3.25. The molecule has 7 heteroatoms. The minimum Gasteiger partial charge on any atom is -0.262 e. The Hall–Kier alpha value is -1.17. The Balaban J connectivity index is 2.93. The van der Waals surface area contributed by atoms with Crippen LogP contribution in [0.15, 0.2) is 6.20 Å². The topological polar surface area (TPSA) is 73.8 Å². The monoisotopic (exact) mass is 190 g/mol. The standard InChI is InChI=1S/C5H7ClN4O2/c1-4(10(11)12)9-5(2-6)3-7-8-9/h3-4H,2H2,1H3. The van der Waals surface area contributed by atoms with Gasteiger partial charge in [-0.25, -0.2) is 0 Å². The highest BCUT2D eigenvalue weighted by Gasteiger charge is 2.18. The molecule has 1 atom stereocenters. The van der Waals surface area contributed by atoms with Crippen LogP contribution in [0.5, 0.6) is 0 Å². The summed E-state index contributed by atoms with van der Waals surface area (Å²) in [6.45, 7) is 1.42. The second-order valence-corrected chi connectivity index (χ2v) is 2.49. The molecular formula is C5H7ClN4O2. The second-order valence-electron chi connectivity index (χ2n) is 2.22. The summed E-state index contributed by atoms with van der Waals surface area (Å²) < 4.78 is 1.19. The van der Waals surface area contributed by atoms with Gasteiger partial charge in [0.2, 0.25) is 0 Å². The van der Waals surface area contributed by atoms with E-state index in [9.17, 15) is 10.1 Å². The molecule has 1 unspecified atom stereocenters. The van der Waals surface area contributed by atoms with Crippen molar-refractivity contribution in [2.75, 3.05) is 0 Å². The predicted octanol–water partition coefficient (Wildman–Crippen LogP) is 0.812. The van der Waals surface area contributed by atoms with Crippen LogP contribution in [-0.4, -0.2) is 19.9 Å². The van der Waals surface area contributed by atoms with Crippen molar-refractivity contribution in [1.82, 2.24) is 15.0 Å². The summed E-state index contributed by atoms with van der Waals surface area (Å²) in [5.41, 5.74) is 0.542. The quantitative estimate of drug-likeness (QED) is 0.402. The van der Waals surface area contributed by atoms with Crippen molar-refractivity contribution in [3.05, 3.63) is 22.0 Å². The zero-order chi connectivity index (χ0) is 9.14. The van der Waals surface area contributed by atoms with E-state index in [2.05, 4.69) is 10.3 Å². The van der Waals surface area contributed by atoms with E-state index in [0.717, 1.165) is 0 Å². The lowest BCUT2D eigenvalue weighted by Gasteiger charge is -2.04. The first kappa shape index (κ1) is 8.92. The van der Waals surface area contributed by atoms with Crippen molar-refractivity contribution in [2.45, 2.75) is 19.0 Å². The first-order chi connectivity index (χ1) is 5.66. The molecule has 0 radical (unpaired) electrons. The maximum Gasteiger partial charge on any atom is 0.303 e. The minimum absolute atomic E-state index is 0.172. The van der Waals surface area contributed by atoms with Crippen LogP contribution in [0.1, 0.15) is 18.8 Å². The fourth-order valence-corrected chi connectivity index (χ4v) is 0.956. The van der Waals surface area contributed by atoms with Crippen LogP contribution >= 0.6 is 11.6 Å². The zero-order valence-corrected chi connectivity index (χ0v) is 7.10. The molecule has 0 aliphatic rings. The Morgan fingerprint density at radius 1 is 1.92 bits per heavy atom.